The summed E-state index contributed by atoms with van der Waals surface area (Å²) in [6.07, 6.45) is 9.81. The van der Waals surface area contributed by atoms with E-state index in [9.17, 15) is 19.5 Å². The molecular formula is C25H24N6O5S. The number of rotatable bonds is 8. The number of hydrogen-bond acceptors (Lipinski definition) is 10. The van der Waals surface area contributed by atoms with E-state index in [4.69, 9.17) is 4.42 Å². The van der Waals surface area contributed by atoms with Gasteiger partial charge in [-0.25, -0.2) is 14.8 Å². The Hall–Kier alpha value is -4.03. The normalized spacial score (nSPS) is 17.4. The molecule has 2 amide bonds. The number of nitrogens with one attached hydrogen (secondary N) is 2. The summed E-state index contributed by atoms with van der Waals surface area (Å²) in [6.45, 7) is 2.91. The average molecular weight is 521 g/mol. The number of nitrogens with zero attached hydrogens (tertiary/aromatic N) is 4. The Morgan fingerprint density at radius 1 is 1.27 bits per heavy atom. The Morgan fingerprint density at radius 3 is 2.81 bits per heavy atom. The van der Waals surface area contributed by atoms with Crippen molar-refractivity contribution in [2.24, 2.45) is 5.92 Å². The fraction of sp³-hybridized carbons (Fsp3) is 0.280. The van der Waals surface area contributed by atoms with E-state index in [1.54, 1.807) is 36.7 Å². The summed E-state index contributed by atoms with van der Waals surface area (Å²) < 4.78 is 5.06. The lowest BCUT2D eigenvalue weighted by molar-refractivity contribution is -0.115. The van der Waals surface area contributed by atoms with Crippen molar-refractivity contribution in [3.8, 4) is 11.3 Å². The highest BCUT2D eigenvalue weighted by molar-refractivity contribution is 8.18. The van der Waals surface area contributed by atoms with E-state index < -0.39 is 11.9 Å². The van der Waals surface area contributed by atoms with E-state index in [1.807, 2.05) is 0 Å². The van der Waals surface area contributed by atoms with Gasteiger partial charge < -0.3 is 19.7 Å². The molecule has 5 rings (SSSR count). The van der Waals surface area contributed by atoms with E-state index >= 15 is 0 Å². The second kappa shape index (κ2) is 10.9. The van der Waals surface area contributed by atoms with Gasteiger partial charge in [-0.15, -0.1) is 0 Å². The Labute approximate surface area is 216 Å². The van der Waals surface area contributed by atoms with Crippen molar-refractivity contribution in [3.05, 3.63) is 64.8 Å². The Morgan fingerprint density at radius 2 is 2.11 bits per heavy atom. The molecule has 3 aromatic heterocycles. The Bertz CT molecular complexity index is 1350. The molecule has 5 heterocycles. The molecule has 0 radical (unpaired) electrons. The number of hydrogen-bond donors (Lipinski definition) is 3. The van der Waals surface area contributed by atoms with Crippen molar-refractivity contribution in [2.75, 3.05) is 24.5 Å². The number of anilines is 1. The number of imide groups is 1. The molecule has 0 bridgehead atoms. The van der Waals surface area contributed by atoms with Crippen molar-refractivity contribution < 1.29 is 23.9 Å². The van der Waals surface area contributed by atoms with Gasteiger partial charge in [0.15, 0.2) is 0 Å². The maximum atomic E-state index is 11.8. The van der Waals surface area contributed by atoms with Crippen LogP contribution in [-0.2, 0) is 11.3 Å². The number of carboxylic acid groups (broad SMARTS) is 1. The zero-order valence-corrected chi connectivity index (χ0v) is 20.5. The van der Waals surface area contributed by atoms with Crippen LogP contribution in [0.2, 0.25) is 0 Å². The number of carboxylic acids is 1. The molecule has 0 atom stereocenters. The lowest BCUT2D eigenvalue weighted by atomic mass is 9.97. The molecule has 0 spiro atoms. The van der Waals surface area contributed by atoms with Crippen LogP contribution in [0.3, 0.4) is 0 Å². The van der Waals surface area contributed by atoms with Gasteiger partial charge in [0.05, 0.1) is 34.4 Å². The highest BCUT2D eigenvalue weighted by Gasteiger charge is 2.26. The summed E-state index contributed by atoms with van der Waals surface area (Å²) in [5, 5.41) is 14.9. The maximum absolute atomic E-state index is 11.8. The van der Waals surface area contributed by atoms with Crippen LogP contribution in [0.25, 0.3) is 17.3 Å². The summed E-state index contributed by atoms with van der Waals surface area (Å²) in [5.74, 6) is -0.379. The van der Waals surface area contributed by atoms with Crippen LogP contribution in [0.5, 0.6) is 0 Å². The molecule has 2 saturated heterocycles. The fourth-order valence-corrected chi connectivity index (χ4v) is 4.97. The molecule has 2 aliphatic heterocycles. The molecular weight excluding hydrogens is 496 g/mol. The standard InChI is InChI=1S/C25H24N6O5S/c32-22-20(37-25(35)30-22)10-18-1-5-27-24(29-18)31-6-2-15(3-7-31)11-26-12-16-9-19(23(33)34)21(28-13-16)17-4-8-36-14-17/h1,4-5,8-10,13-15,26H,2-3,6-7,11-12H2,(H,33,34)(H,30,32,35). The SMILES string of the molecule is O=C1NC(=O)C(=Cc2ccnc(N3CCC(CNCc4cnc(-c5ccoc5)c(C(=O)O)c4)CC3)n2)S1. The molecule has 0 aromatic carbocycles. The van der Waals surface area contributed by atoms with Gasteiger partial charge in [0, 0.05) is 37.6 Å². The van der Waals surface area contributed by atoms with Gasteiger partial charge in [-0.3, -0.25) is 19.9 Å². The highest BCUT2D eigenvalue weighted by atomic mass is 32.2. The van der Waals surface area contributed by atoms with E-state index in [0.29, 0.717) is 40.3 Å². The lowest BCUT2D eigenvalue weighted by Gasteiger charge is -2.32. The predicted molar refractivity (Wildman–Crippen MR) is 137 cm³/mol. The molecule has 3 aromatic rings. The third-order valence-electron chi connectivity index (χ3n) is 6.21. The minimum Gasteiger partial charge on any atom is -0.478 e. The van der Waals surface area contributed by atoms with Crippen LogP contribution in [0.15, 0.2) is 52.4 Å². The first-order valence-electron chi connectivity index (χ1n) is 11.7. The van der Waals surface area contributed by atoms with Gasteiger partial charge >= 0.3 is 5.97 Å². The van der Waals surface area contributed by atoms with Crippen molar-refractivity contribution in [2.45, 2.75) is 19.4 Å². The van der Waals surface area contributed by atoms with E-state index in [0.717, 1.165) is 49.8 Å². The van der Waals surface area contributed by atoms with Gasteiger partial charge in [-0.1, -0.05) is 0 Å². The number of furan rings is 1. The number of amides is 2. The monoisotopic (exact) mass is 520 g/mol. The Kier molecular flexibility index (Phi) is 7.28. The molecule has 0 saturated carbocycles. The van der Waals surface area contributed by atoms with Gasteiger partial charge in [-0.2, -0.15) is 0 Å². The highest BCUT2D eigenvalue weighted by Crippen LogP contribution is 2.26. The first-order chi connectivity index (χ1) is 18.0. The summed E-state index contributed by atoms with van der Waals surface area (Å²) in [6, 6.07) is 5.04. The first kappa shape index (κ1) is 24.7. The number of piperidine rings is 1. The van der Waals surface area contributed by atoms with Crippen LogP contribution in [0.4, 0.5) is 10.7 Å². The number of aromatic carboxylic acids is 1. The quantitative estimate of drug-likeness (QED) is 0.376. The van der Waals surface area contributed by atoms with E-state index in [-0.39, 0.29) is 10.8 Å². The number of pyridine rings is 1. The molecule has 12 heteroatoms. The third-order valence-corrected chi connectivity index (χ3v) is 7.02. The number of thioether (sulfide) groups is 1. The van der Waals surface area contributed by atoms with Crippen LogP contribution < -0.4 is 15.5 Å². The minimum absolute atomic E-state index is 0.144. The zero-order chi connectivity index (χ0) is 25.8. The van der Waals surface area contributed by atoms with E-state index in [1.165, 1.54) is 12.5 Å². The van der Waals surface area contributed by atoms with Crippen molar-refractivity contribution in [3.63, 3.8) is 0 Å². The summed E-state index contributed by atoms with van der Waals surface area (Å²) in [4.78, 5) is 50.6. The van der Waals surface area contributed by atoms with Crippen molar-refractivity contribution in [1.29, 1.82) is 0 Å². The molecule has 37 heavy (non-hydrogen) atoms. The second-order valence-electron chi connectivity index (χ2n) is 8.75. The van der Waals surface area contributed by atoms with Crippen LogP contribution in [0, 0.1) is 5.92 Å². The van der Waals surface area contributed by atoms with Crippen molar-refractivity contribution >= 4 is 40.9 Å². The number of carbonyl (C=O) groups is 3. The minimum atomic E-state index is -1.03. The van der Waals surface area contributed by atoms with Crippen LogP contribution >= 0.6 is 11.8 Å². The zero-order valence-electron chi connectivity index (χ0n) is 19.7. The number of aromatic nitrogens is 3. The first-order valence-corrected chi connectivity index (χ1v) is 12.6. The van der Waals surface area contributed by atoms with Gasteiger partial charge in [-0.05, 0) is 66.9 Å². The fourth-order valence-electron chi connectivity index (χ4n) is 4.30. The third kappa shape index (κ3) is 5.87. The Balaban J connectivity index is 1.13. The van der Waals surface area contributed by atoms with E-state index in [2.05, 4.69) is 30.5 Å². The van der Waals surface area contributed by atoms with Gasteiger partial charge in [0.2, 0.25) is 5.95 Å². The molecule has 3 N–H and O–H groups in total. The van der Waals surface area contributed by atoms with Gasteiger partial charge in [0.25, 0.3) is 11.1 Å². The largest absolute Gasteiger partial charge is 0.478 e. The van der Waals surface area contributed by atoms with Crippen LogP contribution in [-0.4, -0.2) is 56.8 Å². The maximum Gasteiger partial charge on any atom is 0.337 e. The predicted octanol–water partition coefficient (Wildman–Crippen LogP) is 3.16. The van der Waals surface area contributed by atoms with Crippen LogP contribution in [0.1, 0.15) is 34.5 Å². The molecule has 0 unspecified atom stereocenters. The summed E-state index contributed by atoms with van der Waals surface area (Å²) in [5.41, 5.74) is 2.54. The van der Waals surface area contributed by atoms with Crippen molar-refractivity contribution in [1.82, 2.24) is 25.6 Å². The lowest BCUT2D eigenvalue weighted by Crippen LogP contribution is -2.38. The topological polar surface area (TPSA) is 151 Å². The molecule has 2 aliphatic rings. The second-order valence-corrected chi connectivity index (χ2v) is 9.77. The molecule has 11 nitrogen and oxygen atoms in total. The smallest absolute Gasteiger partial charge is 0.337 e. The number of carbonyl (C=O) groups excluding carboxylic acids is 2. The molecule has 2 fully saturated rings. The summed E-state index contributed by atoms with van der Waals surface area (Å²) in [7, 11) is 0. The molecule has 190 valence electrons. The van der Waals surface area contributed by atoms with Gasteiger partial charge in [0.1, 0.15) is 0 Å². The molecule has 0 aliphatic carbocycles. The summed E-state index contributed by atoms with van der Waals surface area (Å²) >= 11 is 0.862. The average Bonchev–Trinajstić information content (AvgIpc) is 3.54.